The molecule has 3 unspecified atom stereocenters. The lowest BCUT2D eigenvalue weighted by molar-refractivity contribution is -0.191. The average molecular weight is 301 g/mol. The highest BCUT2D eigenvalue weighted by Crippen LogP contribution is 2.38. The Morgan fingerprint density at radius 2 is 2.00 bits per heavy atom. The molecule has 2 heterocycles. The molecule has 2 aliphatic heterocycles. The van der Waals surface area contributed by atoms with E-state index in [1.165, 1.54) is 0 Å². The summed E-state index contributed by atoms with van der Waals surface area (Å²) in [4.78, 5) is 1.72. The monoisotopic (exact) mass is 301 g/mol. The molecule has 0 bridgehead atoms. The fourth-order valence-corrected chi connectivity index (χ4v) is 3.21. The minimum atomic E-state index is -4.17. The molecule has 3 rings (SSSR count). The summed E-state index contributed by atoms with van der Waals surface area (Å²) >= 11 is 0. The molecule has 0 amide bonds. The molecule has 0 radical (unpaired) electrons. The van der Waals surface area contributed by atoms with Gasteiger partial charge in [0.15, 0.2) is 0 Å². The third-order valence-electron chi connectivity index (χ3n) is 4.40. The molecule has 1 N–H and O–H groups in total. The van der Waals surface area contributed by atoms with E-state index in [1.807, 2.05) is 6.07 Å². The minimum absolute atomic E-state index is 0.0588. The topological polar surface area (TPSA) is 32.7 Å². The number of halogens is 3. The van der Waals surface area contributed by atoms with Gasteiger partial charge in [-0.2, -0.15) is 13.2 Å². The highest BCUT2D eigenvalue weighted by Gasteiger charge is 2.44. The fourth-order valence-electron chi connectivity index (χ4n) is 3.21. The second-order valence-electron chi connectivity index (χ2n) is 5.74. The maximum Gasteiger partial charge on any atom is 0.393 e. The van der Waals surface area contributed by atoms with E-state index in [9.17, 15) is 18.3 Å². The van der Waals surface area contributed by atoms with E-state index in [0.717, 1.165) is 0 Å². The van der Waals surface area contributed by atoms with E-state index < -0.39 is 24.2 Å². The van der Waals surface area contributed by atoms with Crippen molar-refractivity contribution in [2.75, 3.05) is 19.7 Å². The molecular formula is C15H18F3NO2. The zero-order valence-electron chi connectivity index (χ0n) is 11.5. The van der Waals surface area contributed by atoms with Gasteiger partial charge in [0.1, 0.15) is 18.5 Å². The number of rotatable bonds is 1. The van der Waals surface area contributed by atoms with E-state index in [-0.39, 0.29) is 19.6 Å². The molecule has 1 aromatic carbocycles. The lowest BCUT2D eigenvalue weighted by atomic mass is 9.92. The van der Waals surface area contributed by atoms with E-state index >= 15 is 0 Å². The van der Waals surface area contributed by atoms with Crippen LogP contribution in [0.2, 0.25) is 0 Å². The first kappa shape index (κ1) is 14.7. The van der Waals surface area contributed by atoms with Gasteiger partial charge >= 0.3 is 6.18 Å². The van der Waals surface area contributed by atoms with Crippen molar-refractivity contribution in [3.05, 3.63) is 29.8 Å². The first-order chi connectivity index (χ1) is 9.97. The van der Waals surface area contributed by atoms with Gasteiger partial charge in [-0.1, -0.05) is 18.2 Å². The van der Waals surface area contributed by atoms with Crippen LogP contribution in [-0.4, -0.2) is 41.9 Å². The Balaban J connectivity index is 1.76. The van der Waals surface area contributed by atoms with Gasteiger partial charge in [0, 0.05) is 12.1 Å². The van der Waals surface area contributed by atoms with Gasteiger partial charge in [0.05, 0.1) is 12.0 Å². The number of aliphatic hydroxyl groups is 1. The third-order valence-corrected chi connectivity index (χ3v) is 4.40. The van der Waals surface area contributed by atoms with Crippen molar-refractivity contribution >= 4 is 0 Å². The number of para-hydroxylation sites is 1. The van der Waals surface area contributed by atoms with Crippen LogP contribution in [0.4, 0.5) is 13.2 Å². The van der Waals surface area contributed by atoms with Gasteiger partial charge in [-0.25, -0.2) is 0 Å². The van der Waals surface area contributed by atoms with Crippen molar-refractivity contribution in [3.63, 3.8) is 0 Å². The van der Waals surface area contributed by atoms with Gasteiger partial charge < -0.3 is 9.84 Å². The van der Waals surface area contributed by atoms with Crippen LogP contribution in [0.3, 0.4) is 0 Å². The molecule has 1 fully saturated rings. The van der Waals surface area contributed by atoms with Crippen molar-refractivity contribution in [3.8, 4) is 5.75 Å². The number of benzene rings is 1. The molecule has 0 aliphatic carbocycles. The molecule has 6 heteroatoms. The number of hydrogen-bond donors (Lipinski definition) is 1. The summed E-state index contributed by atoms with van der Waals surface area (Å²) in [6, 6.07) is 6.72. The van der Waals surface area contributed by atoms with Crippen LogP contribution >= 0.6 is 0 Å². The predicted molar refractivity (Wildman–Crippen MR) is 71.0 cm³/mol. The number of alkyl halides is 3. The quantitative estimate of drug-likeness (QED) is 0.866. The fraction of sp³-hybridized carbons (Fsp3) is 0.600. The van der Waals surface area contributed by atoms with Crippen molar-refractivity contribution in [2.45, 2.75) is 31.2 Å². The van der Waals surface area contributed by atoms with Crippen molar-refractivity contribution in [1.29, 1.82) is 0 Å². The number of ether oxygens (including phenoxy) is 1. The van der Waals surface area contributed by atoms with Crippen LogP contribution < -0.4 is 4.74 Å². The van der Waals surface area contributed by atoms with E-state index in [1.54, 1.807) is 23.1 Å². The normalized spacial score (nSPS) is 30.6. The standard InChI is InChI=1S/C15H18F3NO2/c16-15(17,18)10-4-3-7-19(8-10)12-9-21-13-6-2-1-5-11(13)14(12)20/h1-2,5-6,10,12,14,20H,3-4,7-9H2. The van der Waals surface area contributed by atoms with E-state index in [4.69, 9.17) is 4.74 Å². The average Bonchev–Trinajstić information content (AvgIpc) is 2.47. The lowest BCUT2D eigenvalue weighted by Gasteiger charge is -2.42. The molecule has 0 aromatic heterocycles. The van der Waals surface area contributed by atoms with Gasteiger partial charge in [-0.05, 0) is 25.5 Å². The Labute approximate surface area is 121 Å². The minimum Gasteiger partial charge on any atom is -0.491 e. The summed E-state index contributed by atoms with van der Waals surface area (Å²) in [5, 5.41) is 10.5. The second kappa shape index (κ2) is 5.50. The summed E-state index contributed by atoms with van der Waals surface area (Å²) in [6.07, 6.45) is -4.31. The zero-order valence-corrected chi connectivity index (χ0v) is 11.5. The first-order valence-corrected chi connectivity index (χ1v) is 7.17. The van der Waals surface area contributed by atoms with E-state index in [0.29, 0.717) is 24.3 Å². The number of piperidine rings is 1. The van der Waals surface area contributed by atoms with Crippen molar-refractivity contribution in [2.24, 2.45) is 5.92 Å². The van der Waals surface area contributed by atoms with Gasteiger partial charge in [0.2, 0.25) is 0 Å². The van der Waals surface area contributed by atoms with Crippen molar-refractivity contribution < 1.29 is 23.0 Å². The Bertz CT molecular complexity index is 506. The summed E-state index contributed by atoms with van der Waals surface area (Å²) in [5.41, 5.74) is 0.655. The van der Waals surface area contributed by atoms with Gasteiger partial charge in [-0.3, -0.25) is 4.90 Å². The second-order valence-corrected chi connectivity index (χ2v) is 5.74. The van der Waals surface area contributed by atoms with Gasteiger partial charge in [0.25, 0.3) is 0 Å². The summed E-state index contributed by atoms with van der Waals surface area (Å²) < 4.78 is 44.3. The number of aliphatic hydroxyl groups excluding tert-OH is 1. The largest absolute Gasteiger partial charge is 0.491 e. The Kier molecular flexibility index (Phi) is 3.84. The number of hydrogen-bond acceptors (Lipinski definition) is 3. The molecule has 0 spiro atoms. The number of fused-ring (bicyclic) bond motifs is 1. The predicted octanol–water partition coefficient (Wildman–Crippen LogP) is 2.76. The van der Waals surface area contributed by atoms with Crippen LogP contribution in [-0.2, 0) is 0 Å². The molecule has 1 saturated heterocycles. The molecule has 3 nitrogen and oxygen atoms in total. The van der Waals surface area contributed by atoms with Gasteiger partial charge in [-0.15, -0.1) is 0 Å². The summed E-state index contributed by atoms with van der Waals surface area (Å²) in [5.74, 6) is -0.693. The molecule has 0 saturated carbocycles. The van der Waals surface area contributed by atoms with Crippen LogP contribution in [0.1, 0.15) is 24.5 Å². The molecule has 3 atom stereocenters. The number of nitrogens with zero attached hydrogens (tertiary/aromatic N) is 1. The first-order valence-electron chi connectivity index (χ1n) is 7.17. The maximum absolute atomic E-state index is 12.9. The summed E-state index contributed by atoms with van der Waals surface area (Å²) in [7, 11) is 0. The highest BCUT2D eigenvalue weighted by molar-refractivity contribution is 5.37. The van der Waals surface area contributed by atoms with Crippen LogP contribution in [0.5, 0.6) is 5.75 Å². The molecule has 2 aliphatic rings. The third kappa shape index (κ3) is 2.87. The molecule has 1 aromatic rings. The Morgan fingerprint density at radius 3 is 2.76 bits per heavy atom. The molecule has 116 valence electrons. The summed E-state index contributed by atoms with van der Waals surface area (Å²) in [6.45, 7) is 0.735. The van der Waals surface area contributed by atoms with Crippen LogP contribution in [0.15, 0.2) is 24.3 Å². The van der Waals surface area contributed by atoms with E-state index in [2.05, 4.69) is 0 Å². The lowest BCUT2D eigenvalue weighted by Crippen LogP contribution is -2.52. The Morgan fingerprint density at radius 1 is 1.24 bits per heavy atom. The highest BCUT2D eigenvalue weighted by atomic mass is 19.4. The van der Waals surface area contributed by atoms with Crippen molar-refractivity contribution in [1.82, 2.24) is 4.90 Å². The smallest absolute Gasteiger partial charge is 0.393 e. The SMILES string of the molecule is OC1c2ccccc2OCC1N1CCCC(C(F)(F)F)C1. The Hall–Kier alpha value is -1.27. The zero-order chi connectivity index (χ0) is 15.0. The van der Waals surface area contributed by atoms with Crippen LogP contribution in [0, 0.1) is 5.92 Å². The molecular weight excluding hydrogens is 283 g/mol. The maximum atomic E-state index is 12.9. The number of likely N-dealkylation sites (tertiary alicyclic amines) is 1. The van der Waals surface area contributed by atoms with Crippen LogP contribution in [0.25, 0.3) is 0 Å². The molecule has 21 heavy (non-hydrogen) atoms.